The van der Waals surface area contributed by atoms with Gasteiger partial charge in [0.2, 0.25) is 0 Å². The summed E-state index contributed by atoms with van der Waals surface area (Å²) in [5.74, 6) is 2.49. The predicted molar refractivity (Wildman–Crippen MR) is 69.1 cm³/mol. The van der Waals surface area contributed by atoms with Crippen LogP contribution in [0.5, 0.6) is 5.75 Å². The molecule has 1 aromatic carbocycles. The summed E-state index contributed by atoms with van der Waals surface area (Å²) in [6.45, 7) is 4.28. The summed E-state index contributed by atoms with van der Waals surface area (Å²) >= 11 is 0. The Balaban J connectivity index is 2.00. The zero-order valence-corrected chi connectivity index (χ0v) is 10.9. The smallest absolute Gasteiger partial charge is 0.170 e. The fourth-order valence-corrected chi connectivity index (χ4v) is 1.59. The van der Waals surface area contributed by atoms with Gasteiger partial charge in [-0.1, -0.05) is 12.1 Å². The van der Waals surface area contributed by atoms with Crippen molar-refractivity contribution in [1.82, 2.24) is 14.8 Å². The maximum atomic E-state index is 5.79. The maximum Gasteiger partial charge on any atom is 0.170 e. The standard InChI is InChI=1S/C13H18N4O/c1-9(14)11-4-6-12(7-5-11)18-8-13-16-15-10(2)17(13)3/h4-7,9H,8,14H2,1-3H3/t9-/m0/s1. The molecule has 1 atom stereocenters. The molecule has 0 radical (unpaired) electrons. The predicted octanol–water partition coefficient (Wildman–Crippen LogP) is 1.72. The number of nitrogens with two attached hydrogens (primary N) is 1. The van der Waals surface area contributed by atoms with Crippen LogP contribution in [-0.2, 0) is 13.7 Å². The Morgan fingerprint density at radius 3 is 2.44 bits per heavy atom. The number of benzene rings is 1. The lowest BCUT2D eigenvalue weighted by Gasteiger charge is -2.08. The highest BCUT2D eigenvalue weighted by Gasteiger charge is 2.05. The lowest BCUT2D eigenvalue weighted by Crippen LogP contribution is -2.06. The molecular formula is C13H18N4O. The lowest BCUT2D eigenvalue weighted by molar-refractivity contribution is 0.291. The maximum absolute atomic E-state index is 5.79. The van der Waals surface area contributed by atoms with Gasteiger partial charge in [0.05, 0.1) is 0 Å². The molecule has 0 spiro atoms. The molecule has 5 heteroatoms. The number of rotatable bonds is 4. The molecule has 1 aromatic heterocycles. The van der Waals surface area contributed by atoms with E-state index in [0.717, 1.165) is 23.0 Å². The molecule has 0 saturated heterocycles. The van der Waals surface area contributed by atoms with Gasteiger partial charge in [0.15, 0.2) is 5.82 Å². The second-order valence-electron chi connectivity index (χ2n) is 4.37. The van der Waals surface area contributed by atoms with E-state index in [2.05, 4.69) is 10.2 Å². The summed E-state index contributed by atoms with van der Waals surface area (Å²) in [4.78, 5) is 0. The third-order valence-corrected chi connectivity index (χ3v) is 2.96. The van der Waals surface area contributed by atoms with Crippen molar-refractivity contribution in [3.05, 3.63) is 41.5 Å². The fraction of sp³-hybridized carbons (Fsp3) is 0.385. The number of aromatic nitrogens is 3. The van der Waals surface area contributed by atoms with Crippen LogP contribution in [0.15, 0.2) is 24.3 Å². The van der Waals surface area contributed by atoms with E-state index < -0.39 is 0 Å². The van der Waals surface area contributed by atoms with Gasteiger partial charge in [-0.25, -0.2) is 0 Å². The first-order valence-corrected chi connectivity index (χ1v) is 5.91. The van der Waals surface area contributed by atoms with Crippen LogP contribution in [0.2, 0.25) is 0 Å². The van der Waals surface area contributed by atoms with Crippen LogP contribution < -0.4 is 10.5 Å². The molecule has 5 nitrogen and oxygen atoms in total. The fourth-order valence-electron chi connectivity index (χ4n) is 1.59. The minimum Gasteiger partial charge on any atom is -0.486 e. The second kappa shape index (κ2) is 5.18. The van der Waals surface area contributed by atoms with Gasteiger partial charge in [-0.2, -0.15) is 0 Å². The lowest BCUT2D eigenvalue weighted by atomic mass is 10.1. The highest BCUT2D eigenvalue weighted by atomic mass is 16.5. The molecule has 0 unspecified atom stereocenters. The molecule has 0 saturated carbocycles. The SMILES string of the molecule is Cc1nnc(COc2ccc([C@H](C)N)cc2)n1C. The summed E-state index contributed by atoms with van der Waals surface area (Å²) in [5, 5.41) is 8.03. The first-order chi connectivity index (χ1) is 8.58. The van der Waals surface area contributed by atoms with Crippen molar-refractivity contribution in [2.75, 3.05) is 0 Å². The topological polar surface area (TPSA) is 66.0 Å². The van der Waals surface area contributed by atoms with Gasteiger partial charge in [0.1, 0.15) is 18.2 Å². The third-order valence-electron chi connectivity index (χ3n) is 2.96. The molecule has 0 aliphatic carbocycles. The third kappa shape index (κ3) is 2.68. The van der Waals surface area contributed by atoms with E-state index in [-0.39, 0.29) is 6.04 Å². The van der Waals surface area contributed by atoms with Crippen LogP contribution in [0.25, 0.3) is 0 Å². The molecule has 0 aliphatic rings. The van der Waals surface area contributed by atoms with Gasteiger partial charge in [-0.05, 0) is 31.5 Å². The van der Waals surface area contributed by atoms with Crippen molar-refractivity contribution in [2.45, 2.75) is 26.5 Å². The van der Waals surface area contributed by atoms with Crippen molar-refractivity contribution in [2.24, 2.45) is 12.8 Å². The average molecular weight is 246 g/mol. The second-order valence-corrected chi connectivity index (χ2v) is 4.37. The summed E-state index contributed by atoms with van der Waals surface area (Å²) < 4.78 is 7.57. The van der Waals surface area contributed by atoms with Crippen molar-refractivity contribution >= 4 is 0 Å². The molecule has 0 aliphatic heterocycles. The molecule has 2 N–H and O–H groups in total. The summed E-state index contributed by atoms with van der Waals surface area (Å²) in [6, 6.07) is 7.83. The van der Waals surface area contributed by atoms with Crippen molar-refractivity contribution < 1.29 is 4.74 Å². The van der Waals surface area contributed by atoms with E-state index in [9.17, 15) is 0 Å². The molecule has 2 aromatic rings. The first kappa shape index (κ1) is 12.6. The molecule has 0 bridgehead atoms. The highest BCUT2D eigenvalue weighted by Crippen LogP contribution is 2.16. The Kier molecular flexibility index (Phi) is 3.62. The van der Waals surface area contributed by atoms with Gasteiger partial charge in [0.25, 0.3) is 0 Å². The van der Waals surface area contributed by atoms with Gasteiger partial charge >= 0.3 is 0 Å². The molecular weight excluding hydrogens is 228 g/mol. The summed E-state index contributed by atoms with van der Waals surface area (Å²) in [6.07, 6.45) is 0. The van der Waals surface area contributed by atoms with Crippen LogP contribution in [0, 0.1) is 6.92 Å². The van der Waals surface area contributed by atoms with E-state index in [1.807, 2.05) is 49.7 Å². The number of hydrogen-bond donors (Lipinski definition) is 1. The number of aryl methyl sites for hydroxylation is 1. The Morgan fingerprint density at radius 2 is 1.94 bits per heavy atom. The Hall–Kier alpha value is -1.88. The number of ether oxygens (including phenoxy) is 1. The van der Waals surface area contributed by atoms with Gasteiger partial charge in [0, 0.05) is 13.1 Å². The first-order valence-electron chi connectivity index (χ1n) is 5.91. The Bertz CT molecular complexity index is 516. The van der Waals surface area contributed by atoms with E-state index >= 15 is 0 Å². The largest absolute Gasteiger partial charge is 0.486 e. The van der Waals surface area contributed by atoms with Crippen molar-refractivity contribution in [3.63, 3.8) is 0 Å². The molecule has 96 valence electrons. The molecule has 18 heavy (non-hydrogen) atoms. The average Bonchev–Trinajstić information content (AvgIpc) is 2.68. The monoisotopic (exact) mass is 246 g/mol. The minimum atomic E-state index is 0.0421. The zero-order chi connectivity index (χ0) is 13.1. The Labute approximate surface area is 107 Å². The highest BCUT2D eigenvalue weighted by molar-refractivity contribution is 5.28. The van der Waals surface area contributed by atoms with E-state index in [1.165, 1.54) is 0 Å². The normalized spacial score (nSPS) is 12.4. The molecule has 2 rings (SSSR count). The van der Waals surface area contributed by atoms with Crippen LogP contribution in [0.1, 0.15) is 30.2 Å². The van der Waals surface area contributed by atoms with Gasteiger partial charge < -0.3 is 15.0 Å². The van der Waals surface area contributed by atoms with E-state index in [1.54, 1.807) is 0 Å². The van der Waals surface area contributed by atoms with E-state index in [4.69, 9.17) is 10.5 Å². The van der Waals surface area contributed by atoms with Gasteiger partial charge in [-0.3, -0.25) is 0 Å². The number of nitrogens with zero attached hydrogens (tertiary/aromatic N) is 3. The van der Waals surface area contributed by atoms with Gasteiger partial charge in [-0.15, -0.1) is 10.2 Å². The van der Waals surface area contributed by atoms with Crippen molar-refractivity contribution in [1.29, 1.82) is 0 Å². The number of hydrogen-bond acceptors (Lipinski definition) is 4. The van der Waals surface area contributed by atoms with Crippen molar-refractivity contribution in [3.8, 4) is 5.75 Å². The summed E-state index contributed by atoms with van der Waals surface area (Å²) in [7, 11) is 1.92. The minimum absolute atomic E-state index is 0.0421. The summed E-state index contributed by atoms with van der Waals surface area (Å²) in [5.41, 5.74) is 6.88. The van der Waals surface area contributed by atoms with Crippen LogP contribution in [0.3, 0.4) is 0 Å². The van der Waals surface area contributed by atoms with Crippen LogP contribution in [-0.4, -0.2) is 14.8 Å². The molecule has 0 fully saturated rings. The molecule has 1 heterocycles. The van der Waals surface area contributed by atoms with Crippen LogP contribution in [0.4, 0.5) is 0 Å². The molecule has 0 amide bonds. The van der Waals surface area contributed by atoms with Crippen LogP contribution >= 0.6 is 0 Å². The van der Waals surface area contributed by atoms with E-state index in [0.29, 0.717) is 6.61 Å². The Morgan fingerprint density at radius 1 is 1.28 bits per heavy atom. The zero-order valence-electron chi connectivity index (χ0n) is 10.9. The quantitative estimate of drug-likeness (QED) is 0.892.